The molecule has 6 nitrogen and oxygen atoms in total. The van der Waals surface area contributed by atoms with Gasteiger partial charge >= 0.3 is 0 Å². The molecule has 114 valence electrons. The summed E-state index contributed by atoms with van der Waals surface area (Å²) < 4.78 is 1.97. The quantitative estimate of drug-likeness (QED) is 0.613. The number of rotatable bonds is 8. The lowest BCUT2D eigenvalue weighted by atomic mass is 10.2. The first kappa shape index (κ1) is 17.1. The summed E-state index contributed by atoms with van der Waals surface area (Å²) in [5, 5.41) is 19.5. The van der Waals surface area contributed by atoms with Crippen molar-refractivity contribution in [2.45, 2.75) is 33.4 Å². The van der Waals surface area contributed by atoms with Crippen LogP contribution in [0.4, 0.5) is 5.69 Å². The van der Waals surface area contributed by atoms with E-state index in [1.807, 2.05) is 13.8 Å². The molecule has 0 aliphatic rings. The third-order valence-electron chi connectivity index (χ3n) is 2.58. The standard InChI is InChI=1S/C13H23BrN4O2/c1-9(2)8-18-13(20)12(14)11(7-17-18)16-5-4-15-6-10(3)19/h7,9-10,15-16,19H,4-6,8H2,1-3H3. The van der Waals surface area contributed by atoms with Crippen molar-refractivity contribution in [3.63, 3.8) is 0 Å². The van der Waals surface area contributed by atoms with E-state index in [1.165, 1.54) is 4.68 Å². The van der Waals surface area contributed by atoms with Crippen LogP contribution in [0.15, 0.2) is 15.5 Å². The average molecular weight is 347 g/mol. The van der Waals surface area contributed by atoms with Crippen molar-refractivity contribution >= 4 is 21.6 Å². The van der Waals surface area contributed by atoms with Crippen LogP contribution in [0.3, 0.4) is 0 Å². The Hall–Kier alpha value is -0.920. The average Bonchev–Trinajstić information content (AvgIpc) is 2.36. The second kappa shape index (κ2) is 8.39. The molecule has 0 spiro atoms. The summed E-state index contributed by atoms with van der Waals surface area (Å²) in [4.78, 5) is 12.1. The van der Waals surface area contributed by atoms with E-state index in [0.29, 0.717) is 42.3 Å². The van der Waals surface area contributed by atoms with Crippen LogP contribution in [0, 0.1) is 5.92 Å². The molecule has 1 aromatic heterocycles. The van der Waals surface area contributed by atoms with E-state index in [1.54, 1.807) is 13.1 Å². The zero-order chi connectivity index (χ0) is 15.1. The molecular weight excluding hydrogens is 324 g/mol. The lowest BCUT2D eigenvalue weighted by Gasteiger charge is -2.12. The Bertz CT molecular complexity index is 474. The molecule has 0 bridgehead atoms. The van der Waals surface area contributed by atoms with Gasteiger partial charge in [-0.25, -0.2) is 4.68 Å². The minimum atomic E-state index is -0.358. The van der Waals surface area contributed by atoms with Crippen LogP contribution in [-0.4, -0.2) is 40.6 Å². The largest absolute Gasteiger partial charge is 0.392 e. The van der Waals surface area contributed by atoms with Crippen LogP contribution < -0.4 is 16.2 Å². The molecule has 3 N–H and O–H groups in total. The maximum Gasteiger partial charge on any atom is 0.283 e. The zero-order valence-corrected chi connectivity index (χ0v) is 13.8. The highest BCUT2D eigenvalue weighted by Gasteiger charge is 2.09. The molecule has 0 aliphatic heterocycles. The van der Waals surface area contributed by atoms with Crippen LogP contribution in [0.2, 0.25) is 0 Å². The molecule has 1 rings (SSSR count). The molecule has 0 radical (unpaired) electrons. The predicted octanol–water partition coefficient (Wildman–Crippen LogP) is 1.04. The molecule has 0 saturated carbocycles. The summed E-state index contributed by atoms with van der Waals surface area (Å²) in [6.45, 7) is 8.33. The number of halogens is 1. The number of hydrogen-bond acceptors (Lipinski definition) is 5. The molecular formula is C13H23BrN4O2. The van der Waals surface area contributed by atoms with Crippen LogP contribution in [0.5, 0.6) is 0 Å². The highest BCUT2D eigenvalue weighted by molar-refractivity contribution is 9.10. The highest BCUT2D eigenvalue weighted by Crippen LogP contribution is 2.15. The Morgan fingerprint density at radius 1 is 1.40 bits per heavy atom. The maximum atomic E-state index is 12.1. The number of aromatic nitrogens is 2. The molecule has 0 aromatic carbocycles. The van der Waals surface area contributed by atoms with Gasteiger partial charge in [-0.2, -0.15) is 5.10 Å². The molecule has 7 heteroatoms. The van der Waals surface area contributed by atoms with Crippen LogP contribution >= 0.6 is 15.9 Å². The molecule has 0 aliphatic carbocycles. The molecule has 0 saturated heterocycles. The number of aliphatic hydroxyl groups excluding tert-OH is 1. The SMILES string of the molecule is CC(C)Cn1ncc(NCCNCC(C)O)c(Br)c1=O. The van der Waals surface area contributed by atoms with Crippen molar-refractivity contribution < 1.29 is 5.11 Å². The summed E-state index contributed by atoms with van der Waals surface area (Å²) in [5.74, 6) is 0.371. The van der Waals surface area contributed by atoms with Gasteiger partial charge in [0.25, 0.3) is 5.56 Å². The van der Waals surface area contributed by atoms with Gasteiger partial charge in [0.2, 0.25) is 0 Å². The first-order valence-electron chi connectivity index (χ1n) is 6.80. The molecule has 20 heavy (non-hydrogen) atoms. The number of nitrogens with one attached hydrogen (secondary N) is 2. The Morgan fingerprint density at radius 3 is 2.70 bits per heavy atom. The van der Waals surface area contributed by atoms with E-state index in [4.69, 9.17) is 5.11 Å². The van der Waals surface area contributed by atoms with Gasteiger partial charge in [0.05, 0.1) is 18.0 Å². The van der Waals surface area contributed by atoms with E-state index in [9.17, 15) is 4.79 Å². The van der Waals surface area contributed by atoms with Crippen LogP contribution in [0.1, 0.15) is 20.8 Å². The molecule has 1 atom stereocenters. The Kier molecular flexibility index (Phi) is 7.18. The van der Waals surface area contributed by atoms with Gasteiger partial charge in [0.15, 0.2) is 0 Å². The van der Waals surface area contributed by atoms with Gasteiger partial charge in [-0.1, -0.05) is 13.8 Å². The van der Waals surface area contributed by atoms with Crippen molar-refractivity contribution in [1.29, 1.82) is 0 Å². The van der Waals surface area contributed by atoms with Crippen LogP contribution in [-0.2, 0) is 6.54 Å². The van der Waals surface area contributed by atoms with Gasteiger partial charge in [-0.05, 0) is 28.8 Å². The number of nitrogens with zero attached hydrogens (tertiary/aromatic N) is 2. The Balaban J connectivity index is 2.55. The van der Waals surface area contributed by atoms with Crippen molar-refractivity contribution in [2.75, 3.05) is 25.0 Å². The highest BCUT2D eigenvalue weighted by atomic mass is 79.9. The van der Waals surface area contributed by atoms with Gasteiger partial charge in [0, 0.05) is 26.2 Å². The number of aliphatic hydroxyl groups is 1. The third kappa shape index (κ3) is 5.60. The van der Waals surface area contributed by atoms with E-state index in [2.05, 4.69) is 31.7 Å². The van der Waals surface area contributed by atoms with Crippen molar-refractivity contribution in [2.24, 2.45) is 5.92 Å². The first-order valence-corrected chi connectivity index (χ1v) is 7.59. The van der Waals surface area contributed by atoms with Gasteiger partial charge in [-0.15, -0.1) is 0 Å². The smallest absolute Gasteiger partial charge is 0.283 e. The maximum absolute atomic E-state index is 12.1. The minimum absolute atomic E-state index is 0.124. The molecule has 1 heterocycles. The van der Waals surface area contributed by atoms with Crippen molar-refractivity contribution in [1.82, 2.24) is 15.1 Å². The summed E-state index contributed by atoms with van der Waals surface area (Å²) in [6, 6.07) is 0. The second-order valence-electron chi connectivity index (χ2n) is 5.23. The van der Waals surface area contributed by atoms with E-state index in [0.717, 1.165) is 0 Å². The topological polar surface area (TPSA) is 79.2 Å². The lowest BCUT2D eigenvalue weighted by Crippen LogP contribution is -2.30. The Morgan fingerprint density at radius 2 is 2.10 bits per heavy atom. The first-order chi connectivity index (χ1) is 9.41. The summed E-state index contributed by atoms with van der Waals surface area (Å²) in [7, 11) is 0. The van der Waals surface area contributed by atoms with Gasteiger partial charge in [0.1, 0.15) is 4.47 Å². The van der Waals surface area contributed by atoms with E-state index >= 15 is 0 Å². The van der Waals surface area contributed by atoms with Crippen molar-refractivity contribution in [3.05, 3.63) is 21.0 Å². The fourth-order valence-electron chi connectivity index (χ4n) is 1.66. The Labute approximate surface area is 127 Å². The minimum Gasteiger partial charge on any atom is -0.392 e. The third-order valence-corrected chi connectivity index (χ3v) is 3.35. The summed E-state index contributed by atoms with van der Waals surface area (Å²) in [5.41, 5.74) is 0.564. The predicted molar refractivity (Wildman–Crippen MR) is 84.1 cm³/mol. The zero-order valence-electron chi connectivity index (χ0n) is 12.2. The normalized spacial score (nSPS) is 12.7. The van der Waals surface area contributed by atoms with E-state index in [-0.39, 0.29) is 11.7 Å². The van der Waals surface area contributed by atoms with Gasteiger partial charge in [-0.3, -0.25) is 4.79 Å². The molecule has 0 amide bonds. The number of hydrogen-bond donors (Lipinski definition) is 3. The van der Waals surface area contributed by atoms with Crippen LogP contribution in [0.25, 0.3) is 0 Å². The fourth-order valence-corrected chi connectivity index (χ4v) is 2.11. The second-order valence-corrected chi connectivity index (χ2v) is 6.03. The molecule has 0 fully saturated rings. The van der Waals surface area contributed by atoms with E-state index < -0.39 is 0 Å². The fraction of sp³-hybridized carbons (Fsp3) is 0.692. The monoisotopic (exact) mass is 346 g/mol. The summed E-state index contributed by atoms with van der Waals surface area (Å²) in [6.07, 6.45) is 1.30. The van der Waals surface area contributed by atoms with Gasteiger partial charge < -0.3 is 15.7 Å². The number of anilines is 1. The summed E-state index contributed by atoms with van der Waals surface area (Å²) >= 11 is 3.32. The van der Waals surface area contributed by atoms with Crippen molar-refractivity contribution in [3.8, 4) is 0 Å². The molecule has 1 aromatic rings. The molecule has 1 unspecified atom stereocenters. The lowest BCUT2D eigenvalue weighted by molar-refractivity contribution is 0.192.